The first kappa shape index (κ1) is 28.6. The third kappa shape index (κ3) is 11.3. The predicted octanol–water partition coefficient (Wildman–Crippen LogP) is 8.63. The molecule has 4 heteroatoms. The molecule has 3 nitrogen and oxygen atoms in total. The molecular formula is C29H42N2OS. The van der Waals surface area contributed by atoms with Crippen molar-refractivity contribution in [1.29, 1.82) is 0 Å². The average molecular weight is 467 g/mol. The minimum absolute atomic E-state index is 0.518. The summed E-state index contributed by atoms with van der Waals surface area (Å²) in [6, 6.07) is 6.24. The van der Waals surface area contributed by atoms with Crippen molar-refractivity contribution < 1.29 is 4.74 Å². The first-order chi connectivity index (χ1) is 15.7. The van der Waals surface area contributed by atoms with Crippen molar-refractivity contribution in [3.63, 3.8) is 0 Å². The second-order valence-corrected chi connectivity index (χ2v) is 9.75. The van der Waals surface area contributed by atoms with Gasteiger partial charge in [0.15, 0.2) is 0 Å². The quantitative estimate of drug-likeness (QED) is 0.263. The Balaban J connectivity index is 3.01. The lowest BCUT2D eigenvalue weighted by Crippen LogP contribution is -2.15. The topological polar surface area (TPSA) is 33.6 Å². The van der Waals surface area contributed by atoms with E-state index < -0.39 is 0 Å². The summed E-state index contributed by atoms with van der Waals surface area (Å²) in [5.41, 5.74) is 4.70. The molecule has 0 saturated carbocycles. The molecule has 0 spiro atoms. The molecule has 1 aromatic carbocycles. The number of rotatable bonds is 15. The highest BCUT2D eigenvalue weighted by Gasteiger charge is 2.10. The first-order valence-electron chi connectivity index (χ1n) is 11.8. The van der Waals surface area contributed by atoms with Gasteiger partial charge >= 0.3 is 0 Å². The van der Waals surface area contributed by atoms with Gasteiger partial charge in [0.2, 0.25) is 0 Å². The number of hydrogen-bond donors (Lipinski definition) is 1. The van der Waals surface area contributed by atoms with Crippen molar-refractivity contribution in [3.05, 3.63) is 77.4 Å². The molecule has 0 aromatic heterocycles. The van der Waals surface area contributed by atoms with E-state index in [1.54, 1.807) is 18.0 Å². The van der Waals surface area contributed by atoms with Gasteiger partial charge in [-0.15, -0.1) is 0 Å². The minimum Gasteiger partial charge on any atom is -0.493 e. The van der Waals surface area contributed by atoms with Crippen LogP contribution < -0.4 is 10.1 Å². The number of nitrogens with zero attached hydrogens (tertiary/aromatic N) is 1. The molecule has 1 aromatic rings. The monoisotopic (exact) mass is 466 g/mol. The fourth-order valence-corrected chi connectivity index (χ4v) is 3.58. The van der Waals surface area contributed by atoms with Crippen LogP contribution in [0, 0.1) is 5.92 Å². The number of thioether (sulfide) groups is 1. The molecule has 0 bridgehead atoms. The molecule has 0 fully saturated rings. The van der Waals surface area contributed by atoms with E-state index in [0.29, 0.717) is 19.1 Å². The number of ether oxygens (including phenoxy) is 1. The van der Waals surface area contributed by atoms with Crippen molar-refractivity contribution in [2.75, 3.05) is 13.2 Å². The van der Waals surface area contributed by atoms with Crippen LogP contribution in [0.2, 0.25) is 0 Å². The lowest BCUT2D eigenvalue weighted by atomic mass is 10.1. The van der Waals surface area contributed by atoms with Crippen LogP contribution in [-0.4, -0.2) is 19.4 Å². The molecule has 1 rings (SSSR count). The van der Waals surface area contributed by atoms with E-state index in [2.05, 4.69) is 69.0 Å². The van der Waals surface area contributed by atoms with Crippen molar-refractivity contribution in [2.24, 2.45) is 10.9 Å². The highest BCUT2D eigenvalue weighted by atomic mass is 32.2. The zero-order valence-electron chi connectivity index (χ0n) is 21.5. The third-order valence-corrected chi connectivity index (χ3v) is 6.29. The summed E-state index contributed by atoms with van der Waals surface area (Å²) >= 11 is 1.67. The molecule has 1 N–H and O–H groups in total. The smallest absolute Gasteiger partial charge is 0.120 e. The summed E-state index contributed by atoms with van der Waals surface area (Å²) in [7, 11) is 0. The van der Waals surface area contributed by atoms with Gasteiger partial charge in [0.05, 0.1) is 6.61 Å². The standard InChI is InChI=1S/C29H42N2OS/c1-10-13-14-21(4)20-32-29-16-27(15-28(17-29)26(9)33-24(7)12-3)25(8)31-19-22(5)18-30-23(6)11-2/h11-12,15-18,21,31H,5,8-10,13-14,19-20H2,1-4,6-7H3/b23-11-,24-12-,30-18-/t21-/m0/s1. The molecular weight excluding hydrogens is 424 g/mol. The minimum atomic E-state index is 0.518. The van der Waals surface area contributed by atoms with Gasteiger partial charge < -0.3 is 10.1 Å². The van der Waals surface area contributed by atoms with Crippen molar-refractivity contribution >= 4 is 28.6 Å². The molecule has 0 aliphatic heterocycles. The van der Waals surface area contributed by atoms with Gasteiger partial charge in [-0.3, -0.25) is 4.99 Å². The highest BCUT2D eigenvalue weighted by molar-refractivity contribution is 8.11. The third-order valence-electron chi connectivity index (χ3n) is 5.25. The summed E-state index contributed by atoms with van der Waals surface area (Å²) in [6.07, 6.45) is 9.46. The second kappa shape index (κ2) is 15.4. The Hall–Kier alpha value is -2.46. The molecule has 33 heavy (non-hydrogen) atoms. The molecule has 0 unspecified atom stereocenters. The largest absolute Gasteiger partial charge is 0.493 e. The fourth-order valence-electron chi connectivity index (χ4n) is 2.84. The van der Waals surface area contributed by atoms with Gasteiger partial charge in [-0.05, 0) is 74.3 Å². The van der Waals surface area contributed by atoms with E-state index in [0.717, 1.165) is 38.7 Å². The van der Waals surface area contributed by atoms with Crippen LogP contribution in [0.25, 0.3) is 10.6 Å². The first-order valence-corrected chi connectivity index (χ1v) is 12.6. The van der Waals surface area contributed by atoms with Crippen LogP contribution in [0.1, 0.15) is 71.9 Å². The summed E-state index contributed by atoms with van der Waals surface area (Å²) < 4.78 is 6.20. The zero-order valence-corrected chi connectivity index (χ0v) is 22.3. The van der Waals surface area contributed by atoms with Gasteiger partial charge in [0.1, 0.15) is 5.75 Å². The summed E-state index contributed by atoms with van der Waals surface area (Å²) in [4.78, 5) is 6.57. The Bertz CT molecular complexity index is 908. The van der Waals surface area contributed by atoms with Crippen LogP contribution in [0.5, 0.6) is 5.75 Å². The van der Waals surface area contributed by atoms with Crippen LogP contribution in [0.4, 0.5) is 0 Å². The van der Waals surface area contributed by atoms with E-state index in [-0.39, 0.29) is 0 Å². The van der Waals surface area contributed by atoms with Gasteiger partial charge in [0.25, 0.3) is 0 Å². The van der Waals surface area contributed by atoms with Crippen molar-refractivity contribution in [3.8, 4) is 5.75 Å². The molecule has 1 atom stereocenters. The van der Waals surface area contributed by atoms with Crippen LogP contribution in [0.3, 0.4) is 0 Å². The Labute approximate surface area is 206 Å². The zero-order chi connectivity index (χ0) is 24.8. The summed E-state index contributed by atoms with van der Waals surface area (Å²) in [6.45, 7) is 26.4. The van der Waals surface area contributed by atoms with E-state index >= 15 is 0 Å². The normalized spacial score (nSPS) is 13.2. The van der Waals surface area contributed by atoms with Gasteiger partial charge in [0, 0.05) is 34.6 Å². The maximum absolute atomic E-state index is 6.20. The van der Waals surface area contributed by atoms with Crippen molar-refractivity contribution in [2.45, 2.75) is 60.8 Å². The molecule has 0 amide bonds. The van der Waals surface area contributed by atoms with Crippen molar-refractivity contribution in [1.82, 2.24) is 5.32 Å². The fraction of sp³-hybridized carbons (Fsp3) is 0.414. The highest BCUT2D eigenvalue weighted by Crippen LogP contribution is 2.35. The molecule has 0 heterocycles. The lowest BCUT2D eigenvalue weighted by Gasteiger charge is -2.17. The van der Waals surface area contributed by atoms with Crippen LogP contribution in [0.15, 0.2) is 71.3 Å². The molecule has 0 aliphatic carbocycles. The number of unbranched alkanes of at least 4 members (excludes halogenated alkanes) is 1. The van der Waals surface area contributed by atoms with Crippen LogP contribution in [-0.2, 0) is 0 Å². The maximum atomic E-state index is 6.20. The van der Waals surface area contributed by atoms with Gasteiger partial charge in [-0.1, -0.05) is 70.3 Å². The maximum Gasteiger partial charge on any atom is 0.120 e. The predicted molar refractivity (Wildman–Crippen MR) is 151 cm³/mol. The second-order valence-electron chi connectivity index (χ2n) is 8.41. The van der Waals surface area contributed by atoms with Crippen LogP contribution >= 0.6 is 11.8 Å². The number of benzene rings is 1. The summed E-state index contributed by atoms with van der Waals surface area (Å²) in [5, 5.41) is 3.37. The number of allylic oxidation sites excluding steroid dienone is 4. The SMILES string of the molecule is C=C(/C=N\C(C)=C/C)CNC(=C)c1cc(OC[C@@H](C)CCCC)cc(C(=C)S/C(C)=C\C)c1. The lowest BCUT2D eigenvalue weighted by molar-refractivity contribution is 0.249. The van der Waals surface area contributed by atoms with E-state index in [1.165, 1.54) is 24.2 Å². The van der Waals surface area contributed by atoms with Gasteiger partial charge in [-0.2, -0.15) is 0 Å². The average Bonchev–Trinajstić information content (AvgIpc) is 2.82. The molecule has 0 saturated heterocycles. The molecule has 180 valence electrons. The van der Waals surface area contributed by atoms with E-state index in [9.17, 15) is 0 Å². The molecule has 0 radical (unpaired) electrons. The Morgan fingerprint density at radius 3 is 2.45 bits per heavy atom. The number of nitrogens with one attached hydrogen (secondary N) is 1. The Kier molecular flexibility index (Phi) is 13.3. The number of aliphatic imine (C=N–C) groups is 1. The Morgan fingerprint density at radius 2 is 1.82 bits per heavy atom. The summed E-state index contributed by atoms with van der Waals surface area (Å²) in [5.74, 6) is 1.36. The molecule has 0 aliphatic rings. The van der Waals surface area contributed by atoms with E-state index in [4.69, 9.17) is 4.74 Å². The Morgan fingerprint density at radius 1 is 1.12 bits per heavy atom. The number of hydrogen-bond acceptors (Lipinski definition) is 4. The van der Waals surface area contributed by atoms with Gasteiger partial charge in [-0.25, -0.2) is 0 Å². The van der Waals surface area contributed by atoms with E-state index in [1.807, 2.05) is 32.9 Å².